The lowest BCUT2D eigenvalue weighted by atomic mass is 9.79. The van der Waals surface area contributed by atoms with Crippen LogP contribution in [0.15, 0.2) is 0 Å². The van der Waals surface area contributed by atoms with Crippen molar-refractivity contribution in [3.05, 3.63) is 0 Å². The average Bonchev–Trinajstić information content (AvgIpc) is 2.02. The first-order chi connectivity index (χ1) is 5.35. The summed E-state index contributed by atoms with van der Waals surface area (Å²) in [5.74, 6) is 0. The smallest absolute Gasteiger partial charge is 0.0810 e. The van der Waals surface area contributed by atoms with Crippen molar-refractivity contribution in [3.8, 4) is 0 Å². The van der Waals surface area contributed by atoms with E-state index in [9.17, 15) is 0 Å². The molecule has 64 valence electrons. The van der Waals surface area contributed by atoms with Crippen molar-refractivity contribution in [1.29, 1.82) is 0 Å². The first kappa shape index (κ1) is 7.56. The second kappa shape index (κ2) is 2.76. The fourth-order valence-corrected chi connectivity index (χ4v) is 1.99. The molecule has 0 radical (unpaired) electrons. The molecule has 0 amide bonds. The molecule has 2 nitrogen and oxygen atoms in total. The Hall–Kier alpha value is -0.0800. The van der Waals surface area contributed by atoms with Crippen molar-refractivity contribution in [2.75, 3.05) is 13.1 Å². The monoisotopic (exact) mass is 155 g/mol. The van der Waals surface area contributed by atoms with E-state index >= 15 is 0 Å². The SMILES string of the molecule is CCC1CNCC2(CCC2)O1. The summed E-state index contributed by atoms with van der Waals surface area (Å²) in [4.78, 5) is 0. The van der Waals surface area contributed by atoms with Gasteiger partial charge < -0.3 is 10.1 Å². The van der Waals surface area contributed by atoms with Crippen molar-refractivity contribution >= 4 is 0 Å². The van der Waals surface area contributed by atoms with Crippen LogP contribution in [0.4, 0.5) is 0 Å². The van der Waals surface area contributed by atoms with Crippen LogP contribution in [0.2, 0.25) is 0 Å². The van der Waals surface area contributed by atoms with Gasteiger partial charge in [0.05, 0.1) is 11.7 Å². The summed E-state index contributed by atoms with van der Waals surface area (Å²) in [6, 6.07) is 0. The molecule has 0 aromatic carbocycles. The molecular weight excluding hydrogens is 138 g/mol. The van der Waals surface area contributed by atoms with Gasteiger partial charge in [0.25, 0.3) is 0 Å². The van der Waals surface area contributed by atoms with Crippen LogP contribution in [0.25, 0.3) is 0 Å². The summed E-state index contributed by atoms with van der Waals surface area (Å²) in [7, 11) is 0. The average molecular weight is 155 g/mol. The van der Waals surface area contributed by atoms with Crippen LogP contribution >= 0.6 is 0 Å². The number of ether oxygens (including phenoxy) is 1. The number of nitrogens with one attached hydrogen (secondary N) is 1. The van der Waals surface area contributed by atoms with Crippen molar-refractivity contribution in [2.24, 2.45) is 0 Å². The molecule has 0 bridgehead atoms. The van der Waals surface area contributed by atoms with E-state index in [0.29, 0.717) is 6.10 Å². The van der Waals surface area contributed by atoms with Gasteiger partial charge in [-0.15, -0.1) is 0 Å². The van der Waals surface area contributed by atoms with Gasteiger partial charge in [-0.05, 0) is 25.7 Å². The Bertz CT molecular complexity index is 142. The normalized spacial score (nSPS) is 35.2. The number of morpholine rings is 1. The second-order valence-corrected chi connectivity index (χ2v) is 3.82. The van der Waals surface area contributed by atoms with Gasteiger partial charge >= 0.3 is 0 Å². The molecule has 0 aromatic rings. The van der Waals surface area contributed by atoms with Gasteiger partial charge in [0.15, 0.2) is 0 Å². The molecule has 1 saturated carbocycles. The molecule has 1 aliphatic heterocycles. The van der Waals surface area contributed by atoms with Crippen molar-refractivity contribution in [2.45, 2.75) is 44.3 Å². The van der Waals surface area contributed by atoms with E-state index in [0.717, 1.165) is 19.5 Å². The van der Waals surface area contributed by atoms with Gasteiger partial charge in [-0.1, -0.05) is 6.92 Å². The van der Waals surface area contributed by atoms with Crippen LogP contribution in [0.3, 0.4) is 0 Å². The summed E-state index contributed by atoms with van der Waals surface area (Å²) in [5.41, 5.74) is 0.263. The highest BCUT2D eigenvalue weighted by molar-refractivity contribution is 4.95. The van der Waals surface area contributed by atoms with Crippen molar-refractivity contribution in [1.82, 2.24) is 5.32 Å². The Balaban J connectivity index is 1.92. The Morgan fingerprint density at radius 1 is 1.55 bits per heavy atom. The van der Waals surface area contributed by atoms with Crippen LogP contribution in [0, 0.1) is 0 Å². The fraction of sp³-hybridized carbons (Fsp3) is 1.00. The topological polar surface area (TPSA) is 21.3 Å². The predicted octanol–water partition coefficient (Wildman–Crippen LogP) is 1.31. The van der Waals surface area contributed by atoms with Gasteiger partial charge in [-0.25, -0.2) is 0 Å². The summed E-state index contributed by atoms with van der Waals surface area (Å²) < 4.78 is 6.00. The molecule has 2 aliphatic rings. The molecule has 0 aromatic heterocycles. The van der Waals surface area contributed by atoms with Crippen LogP contribution in [-0.2, 0) is 4.74 Å². The Morgan fingerprint density at radius 2 is 2.36 bits per heavy atom. The van der Waals surface area contributed by atoms with E-state index in [4.69, 9.17) is 4.74 Å². The molecule has 1 spiro atoms. The van der Waals surface area contributed by atoms with E-state index < -0.39 is 0 Å². The first-order valence-electron chi connectivity index (χ1n) is 4.73. The zero-order valence-electron chi connectivity index (χ0n) is 7.23. The molecule has 1 N–H and O–H groups in total. The molecule has 2 rings (SSSR count). The summed E-state index contributed by atoms with van der Waals surface area (Å²) in [6.07, 6.45) is 5.53. The van der Waals surface area contributed by atoms with E-state index in [2.05, 4.69) is 12.2 Å². The number of hydrogen-bond acceptors (Lipinski definition) is 2. The lowest BCUT2D eigenvalue weighted by Crippen LogP contribution is -2.57. The number of rotatable bonds is 1. The molecule has 1 saturated heterocycles. The highest BCUT2D eigenvalue weighted by atomic mass is 16.5. The summed E-state index contributed by atoms with van der Waals surface area (Å²) in [6.45, 7) is 4.34. The molecule has 11 heavy (non-hydrogen) atoms. The highest BCUT2D eigenvalue weighted by Crippen LogP contribution is 2.37. The Labute approximate surface area is 68.3 Å². The highest BCUT2D eigenvalue weighted by Gasteiger charge is 2.41. The minimum Gasteiger partial charge on any atom is -0.369 e. The first-order valence-corrected chi connectivity index (χ1v) is 4.73. The fourth-order valence-electron chi connectivity index (χ4n) is 1.99. The zero-order chi connectivity index (χ0) is 7.73. The molecule has 1 aliphatic carbocycles. The third-order valence-electron chi connectivity index (χ3n) is 2.96. The zero-order valence-corrected chi connectivity index (χ0v) is 7.23. The van der Waals surface area contributed by atoms with Gasteiger partial charge in [0.2, 0.25) is 0 Å². The van der Waals surface area contributed by atoms with Gasteiger partial charge in [0, 0.05) is 13.1 Å². The lowest BCUT2D eigenvalue weighted by Gasteiger charge is -2.47. The van der Waals surface area contributed by atoms with Crippen LogP contribution in [0.5, 0.6) is 0 Å². The lowest BCUT2D eigenvalue weighted by molar-refractivity contribution is -0.157. The minimum atomic E-state index is 0.263. The minimum absolute atomic E-state index is 0.263. The van der Waals surface area contributed by atoms with E-state index in [1.165, 1.54) is 19.3 Å². The molecule has 1 unspecified atom stereocenters. The maximum atomic E-state index is 6.00. The van der Waals surface area contributed by atoms with Crippen LogP contribution in [0.1, 0.15) is 32.6 Å². The maximum absolute atomic E-state index is 6.00. The van der Waals surface area contributed by atoms with E-state index in [1.807, 2.05) is 0 Å². The predicted molar refractivity (Wildman–Crippen MR) is 44.6 cm³/mol. The van der Waals surface area contributed by atoms with Crippen molar-refractivity contribution < 1.29 is 4.74 Å². The van der Waals surface area contributed by atoms with Crippen LogP contribution in [-0.4, -0.2) is 24.8 Å². The summed E-state index contributed by atoms with van der Waals surface area (Å²) in [5, 5.41) is 3.45. The molecule has 2 fully saturated rings. The molecular formula is C9H17NO. The maximum Gasteiger partial charge on any atom is 0.0810 e. The van der Waals surface area contributed by atoms with Gasteiger partial charge in [0.1, 0.15) is 0 Å². The van der Waals surface area contributed by atoms with Gasteiger partial charge in [-0.3, -0.25) is 0 Å². The van der Waals surface area contributed by atoms with Gasteiger partial charge in [-0.2, -0.15) is 0 Å². The quantitative estimate of drug-likeness (QED) is 0.616. The molecule has 1 atom stereocenters. The molecule has 1 heterocycles. The Kier molecular flexibility index (Phi) is 1.90. The van der Waals surface area contributed by atoms with Crippen LogP contribution < -0.4 is 5.32 Å². The third-order valence-corrected chi connectivity index (χ3v) is 2.96. The Morgan fingerprint density at radius 3 is 2.91 bits per heavy atom. The standard InChI is InChI=1S/C9H17NO/c1-2-8-6-10-7-9(11-8)4-3-5-9/h8,10H,2-7H2,1H3. The number of hydrogen-bond donors (Lipinski definition) is 1. The summed E-state index contributed by atoms with van der Waals surface area (Å²) >= 11 is 0. The molecule has 2 heteroatoms. The largest absolute Gasteiger partial charge is 0.369 e. The second-order valence-electron chi connectivity index (χ2n) is 3.82. The van der Waals surface area contributed by atoms with E-state index in [1.54, 1.807) is 0 Å². The third kappa shape index (κ3) is 1.30. The van der Waals surface area contributed by atoms with E-state index in [-0.39, 0.29) is 5.60 Å². The van der Waals surface area contributed by atoms with Crippen molar-refractivity contribution in [3.63, 3.8) is 0 Å².